The van der Waals surface area contributed by atoms with Gasteiger partial charge in [0.1, 0.15) is 11.4 Å². The van der Waals surface area contributed by atoms with Crippen molar-refractivity contribution in [3.63, 3.8) is 0 Å². The van der Waals surface area contributed by atoms with Gasteiger partial charge in [-0.25, -0.2) is 4.79 Å². The lowest BCUT2D eigenvalue weighted by Gasteiger charge is -2.41. The zero-order chi connectivity index (χ0) is 16.6. The standard InChI is InChI=1S/C11H16F3NO5S/c1-7(20-21(17,18)11(12,13)14)8-5-6-15(8)9(16)19-10(2,3)4/h8H,1,5-6H2,2-4H3. The van der Waals surface area contributed by atoms with Crippen molar-refractivity contribution in [3.05, 3.63) is 12.3 Å². The van der Waals surface area contributed by atoms with Crippen molar-refractivity contribution in [1.29, 1.82) is 0 Å². The van der Waals surface area contributed by atoms with Crippen LogP contribution in [0, 0.1) is 0 Å². The first kappa shape index (κ1) is 17.6. The van der Waals surface area contributed by atoms with E-state index in [4.69, 9.17) is 4.74 Å². The summed E-state index contributed by atoms with van der Waals surface area (Å²) in [4.78, 5) is 12.8. The summed E-state index contributed by atoms with van der Waals surface area (Å²) in [5.74, 6) is -0.663. The van der Waals surface area contributed by atoms with Crippen LogP contribution < -0.4 is 0 Å². The van der Waals surface area contributed by atoms with E-state index in [1.807, 2.05) is 0 Å². The fraction of sp³-hybridized carbons (Fsp3) is 0.727. The molecule has 0 saturated carbocycles. The van der Waals surface area contributed by atoms with Gasteiger partial charge < -0.3 is 8.92 Å². The summed E-state index contributed by atoms with van der Waals surface area (Å²) in [6.45, 7) is 8.24. The lowest BCUT2D eigenvalue weighted by atomic mass is 10.0. The van der Waals surface area contributed by atoms with Gasteiger partial charge in [-0.05, 0) is 27.2 Å². The third-order valence-electron chi connectivity index (χ3n) is 2.52. The molecule has 10 heteroatoms. The Kier molecular flexibility index (Phi) is 4.52. The average Bonchev–Trinajstić information content (AvgIpc) is 2.07. The normalized spacial score (nSPS) is 19.7. The minimum Gasteiger partial charge on any atom is -0.444 e. The molecule has 1 aliphatic heterocycles. The summed E-state index contributed by atoms with van der Waals surface area (Å²) < 4.78 is 67.3. The SMILES string of the molecule is C=C(OS(=O)(=O)C(F)(F)F)C1CCN1C(=O)OC(C)(C)C. The van der Waals surface area contributed by atoms with Gasteiger partial charge in [-0.15, -0.1) is 0 Å². The first-order valence-electron chi connectivity index (χ1n) is 5.94. The lowest BCUT2D eigenvalue weighted by molar-refractivity contribution is -0.0538. The van der Waals surface area contributed by atoms with Crippen molar-refractivity contribution in [1.82, 2.24) is 4.90 Å². The first-order valence-corrected chi connectivity index (χ1v) is 7.34. The molecule has 1 rings (SSSR count). The van der Waals surface area contributed by atoms with Crippen molar-refractivity contribution in [2.75, 3.05) is 6.54 Å². The summed E-state index contributed by atoms with van der Waals surface area (Å²) in [7, 11) is -5.78. The maximum absolute atomic E-state index is 12.2. The quantitative estimate of drug-likeness (QED) is 0.451. The molecule has 1 fully saturated rings. The number of halogens is 3. The summed E-state index contributed by atoms with van der Waals surface area (Å²) >= 11 is 0. The van der Waals surface area contributed by atoms with Gasteiger partial charge in [0.05, 0.1) is 6.04 Å². The molecule has 1 atom stereocenters. The van der Waals surface area contributed by atoms with Crippen LogP contribution in [0.25, 0.3) is 0 Å². The second-order valence-electron chi connectivity index (χ2n) is 5.43. The van der Waals surface area contributed by atoms with E-state index in [2.05, 4.69) is 10.8 Å². The van der Waals surface area contributed by atoms with Crippen LogP contribution in [0.3, 0.4) is 0 Å². The number of nitrogens with zero attached hydrogens (tertiary/aromatic N) is 1. The molecule has 0 bridgehead atoms. The van der Waals surface area contributed by atoms with E-state index in [0.29, 0.717) is 0 Å². The van der Waals surface area contributed by atoms with E-state index >= 15 is 0 Å². The molecule has 1 saturated heterocycles. The molecule has 0 spiro atoms. The number of hydrogen-bond donors (Lipinski definition) is 0. The van der Waals surface area contributed by atoms with Gasteiger partial charge in [0.25, 0.3) is 0 Å². The molecular weight excluding hydrogens is 315 g/mol. The molecule has 1 aliphatic rings. The minimum absolute atomic E-state index is 0.216. The van der Waals surface area contributed by atoms with Crippen LogP contribution in [-0.2, 0) is 19.0 Å². The highest BCUT2D eigenvalue weighted by atomic mass is 32.2. The summed E-state index contributed by atoms with van der Waals surface area (Å²) in [5, 5.41) is 0. The minimum atomic E-state index is -5.78. The van der Waals surface area contributed by atoms with E-state index in [1.54, 1.807) is 20.8 Å². The number of carbonyl (C=O) groups is 1. The van der Waals surface area contributed by atoms with Gasteiger partial charge in [0.2, 0.25) is 0 Å². The Morgan fingerprint density at radius 3 is 2.14 bits per heavy atom. The number of ether oxygens (including phenoxy) is 1. The molecule has 0 N–H and O–H groups in total. The topological polar surface area (TPSA) is 72.9 Å². The first-order chi connectivity index (χ1) is 9.24. The van der Waals surface area contributed by atoms with E-state index < -0.39 is 39.1 Å². The summed E-state index contributed by atoms with van der Waals surface area (Å²) in [5.41, 5.74) is -6.33. The highest BCUT2D eigenvalue weighted by molar-refractivity contribution is 7.87. The van der Waals surface area contributed by atoms with Crippen molar-refractivity contribution in [2.24, 2.45) is 0 Å². The van der Waals surface area contributed by atoms with Crippen LogP contribution in [0.1, 0.15) is 27.2 Å². The Balaban J connectivity index is 2.71. The van der Waals surface area contributed by atoms with Crippen LogP contribution in [0.2, 0.25) is 0 Å². The van der Waals surface area contributed by atoms with E-state index in [0.717, 1.165) is 4.90 Å². The van der Waals surface area contributed by atoms with E-state index in [1.165, 1.54) is 0 Å². The van der Waals surface area contributed by atoms with Crippen LogP contribution >= 0.6 is 0 Å². The zero-order valence-electron chi connectivity index (χ0n) is 11.7. The molecule has 6 nitrogen and oxygen atoms in total. The molecule has 0 aliphatic carbocycles. The van der Waals surface area contributed by atoms with Crippen LogP contribution in [0.4, 0.5) is 18.0 Å². The van der Waals surface area contributed by atoms with Gasteiger partial charge in [0.15, 0.2) is 0 Å². The van der Waals surface area contributed by atoms with Crippen LogP contribution in [0.5, 0.6) is 0 Å². The molecule has 1 unspecified atom stereocenters. The Bertz CT molecular complexity index is 535. The second-order valence-corrected chi connectivity index (χ2v) is 6.97. The number of hydrogen-bond acceptors (Lipinski definition) is 5. The number of rotatable bonds is 3. The fourth-order valence-corrected chi connectivity index (χ4v) is 1.99. The van der Waals surface area contributed by atoms with Crippen molar-refractivity contribution < 1.29 is 35.3 Å². The number of likely N-dealkylation sites (tertiary alicyclic amines) is 1. The number of alkyl halides is 3. The fourth-order valence-electron chi connectivity index (χ4n) is 1.50. The average molecular weight is 331 g/mol. The zero-order valence-corrected chi connectivity index (χ0v) is 12.5. The largest absolute Gasteiger partial charge is 0.534 e. The van der Waals surface area contributed by atoms with Gasteiger partial charge in [-0.1, -0.05) is 6.58 Å². The van der Waals surface area contributed by atoms with Crippen molar-refractivity contribution in [3.8, 4) is 0 Å². The molecule has 0 aromatic carbocycles. The monoisotopic (exact) mass is 331 g/mol. The highest BCUT2D eigenvalue weighted by Gasteiger charge is 2.50. The van der Waals surface area contributed by atoms with Crippen LogP contribution in [-0.4, -0.2) is 43.1 Å². The highest BCUT2D eigenvalue weighted by Crippen LogP contribution is 2.31. The molecule has 0 radical (unpaired) electrons. The van der Waals surface area contributed by atoms with E-state index in [-0.39, 0.29) is 13.0 Å². The molecular formula is C11H16F3NO5S. The summed E-state index contributed by atoms with van der Waals surface area (Å²) in [6, 6.07) is -0.961. The van der Waals surface area contributed by atoms with Crippen LogP contribution in [0.15, 0.2) is 12.3 Å². The van der Waals surface area contributed by atoms with Gasteiger partial charge in [-0.2, -0.15) is 21.6 Å². The predicted octanol–water partition coefficient (Wildman–Crippen LogP) is 2.38. The van der Waals surface area contributed by atoms with Crippen molar-refractivity contribution in [2.45, 2.75) is 44.3 Å². The van der Waals surface area contributed by atoms with E-state index in [9.17, 15) is 26.4 Å². The van der Waals surface area contributed by atoms with Gasteiger partial charge in [-0.3, -0.25) is 4.90 Å². The summed E-state index contributed by atoms with van der Waals surface area (Å²) in [6.07, 6.45) is -0.529. The Hall–Kier alpha value is -1.45. The smallest absolute Gasteiger partial charge is 0.444 e. The maximum Gasteiger partial charge on any atom is 0.534 e. The molecule has 1 amide bonds. The maximum atomic E-state index is 12.2. The Morgan fingerprint density at radius 2 is 1.81 bits per heavy atom. The number of amides is 1. The van der Waals surface area contributed by atoms with Crippen molar-refractivity contribution >= 4 is 16.2 Å². The molecule has 0 aromatic rings. The molecule has 21 heavy (non-hydrogen) atoms. The lowest BCUT2D eigenvalue weighted by Crippen LogP contribution is -2.54. The Morgan fingerprint density at radius 1 is 1.29 bits per heavy atom. The Labute approximate surface area is 120 Å². The molecule has 0 aromatic heterocycles. The number of carbonyl (C=O) groups excluding carboxylic acids is 1. The third kappa shape index (κ3) is 4.26. The molecule has 1 heterocycles. The third-order valence-corrected chi connectivity index (χ3v) is 3.52. The molecule has 122 valence electrons. The van der Waals surface area contributed by atoms with Gasteiger partial charge in [0, 0.05) is 6.54 Å². The predicted molar refractivity (Wildman–Crippen MR) is 66.5 cm³/mol. The second kappa shape index (κ2) is 5.39. The van der Waals surface area contributed by atoms with Gasteiger partial charge >= 0.3 is 21.7 Å².